The van der Waals surface area contributed by atoms with Gasteiger partial charge in [0, 0.05) is 18.6 Å². The summed E-state index contributed by atoms with van der Waals surface area (Å²) in [5.41, 5.74) is 0. The summed E-state index contributed by atoms with van der Waals surface area (Å²) in [6.45, 7) is 0.923. The summed E-state index contributed by atoms with van der Waals surface area (Å²) in [6.07, 6.45) is 6.80. The van der Waals surface area contributed by atoms with Crippen LogP contribution in [0.5, 0.6) is 5.75 Å². The Morgan fingerprint density at radius 1 is 1.11 bits per heavy atom. The fraction of sp³-hybridized carbons (Fsp3) is 0.632. The van der Waals surface area contributed by atoms with E-state index in [1.807, 2.05) is 0 Å². The van der Waals surface area contributed by atoms with E-state index in [4.69, 9.17) is 20.5 Å². The van der Waals surface area contributed by atoms with Crippen LogP contribution in [-0.2, 0) is 14.3 Å². The lowest BCUT2D eigenvalue weighted by Crippen LogP contribution is -2.32. The molecule has 0 radical (unpaired) electrons. The van der Waals surface area contributed by atoms with E-state index in [1.165, 1.54) is 0 Å². The van der Waals surface area contributed by atoms with E-state index in [0.29, 0.717) is 29.2 Å². The van der Waals surface area contributed by atoms with Crippen LogP contribution in [0, 0.1) is 11.8 Å². The van der Waals surface area contributed by atoms with Crippen LogP contribution >= 0.6 is 11.6 Å². The standard InChI is InChI=1S/C19H28ClNO5S/c1-21(19(22)26-18-9-7-17(20)8-10-18)13-11-15-3-5-16(6-4-15)12-14-25-27(2,23)24/h7-10,15-16H,3-6,11-14H2,1-2H3/t15-,16-. The molecule has 0 heterocycles. The first-order valence-electron chi connectivity index (χ1n) is 9.26. The van der Waals surface area contributed by atoms with Crippen LogP contribution in [0.25, 0.3) is 0 Å². The molecule has 1 fully saturated rings. The fourth-order valence-electron chi connectivity index (χ4n) is 3.32. The van der Waals surface area contributed by atoms with Gasteiger partial charge in [-0.3, -0.25) is 4.18 Å². The van der Waals surface area contributed by atoms with E-state index >= 15 is 0 Å². The largest absolute Gasteiger partial charge is 0.414 e. The van der Waals surface area contributed by atoms with Gasteiger partial charge in [-0.15, -0.1) is 0 Å². The molecule has 0 bridgehead atoms. The van der Waals surface area contributed by atoms with Crippen molar-refractivity contribution in [3.05, 3.63) is 29.3 Å². The molecule has 0 unspecified atom stereocenters. The van der Waals surface area contributed by atoms with Crippen molar-refractivity contribution in [2.45, 2.75) is 38.5 Å². The van der Waals surface area contributed by atoms with Gasteiger partial charge in [0.2, 0.25) is 0 Å². The van der Waals surface area contributed by atoms with Crippen molar-refractivity contribution < 1.29 is 22.1 Å². The van der Waals surface area contributed by atoms with Crippen molar-refractivity contribution in [1.29, 1.82) is 0 Å². The van der Waals surface area contributed by atoms with Gasteiger partial charge in [-0.25, -0.2) is 4.79 Å². The zero-order valence-electron chi connectivity index (χ0n) is 15.9. The van der Waals surface area contributed by atoms with Crippen molar-refractivity contribution in [1.82, 2.24) is 4.90 Å². The summed E-state index contributed by atoms with van der Waals surface area (Å²) in [5, 5.41) is 0.599. The summed E-state index contributed by atoms with van der Waals surface area (Å²) >= 11 is 5.82. The van der Waals surface area contributed by atoms with Crippen LogP contribution in [0.1, 0.15) is 38.5 Å². The van der Waals surface area contributed by atoms with Crippen molar-refractivity contribution in [2.75, 3.05) is 26.5 Å². The second kappa shape index (κ2) is 10.3. The first-order chi connectivity index (χ1) is 12.7. The summed E-state index contributed by atoms with van der Waals surface area (Å²) in [7, 11) is -1.60. The summed E-state index contributed by atoms with van der Waals surface area (Å²) in [6, 6.07) is 6.71. The number of hydrogen-bond acceptors (Lipinski definition) is 5. The zero-order valence-corrected chi connectivity index (χ0v) is 17.5. The highest BCUT2D eigenvalue weighted by Crippen LogP contribution is 2.32. The fourth-order valence-corrected chi connectivity index (χ4v) is 3.85. The van der Waals surface area contributed by atoms with Crippen molar-refractivity contribution >= 4 is 27.8 Å². The second-order valence-corrected chi connectivity index (χ2v) is 9.31. The molecule has 0 spiro atoms. The Balaban J connectivity index is 1.64. The van der Waals surface area contributed by atoms with Gasteiger partial charge >= 0.3 is 6.09 Å². The normalized spacial score (nSPS) is 20.3. The van der Waals surface area contributed by atoms with Crippen LogP contribution < -0.4 is 4.74 Å². The van der Waals surface area contributed by atoms with Gasteiger partial charge in [0.15, 0.2) is 0 Å². The van der Waals surface area contributed by atoms with Crippen molar-refractivity contribution in [3.63, 3.8) is 0 Å². The van der Waals surface area contributed by atoms with E-state index < -0.39 is 10.1 Å². The Morgan fingerprint density at radius 3 is 2.22 bits per heavy atom. The van der Waals surface area contributed by atoms with E-state index in [1.54, 1.807) is 36.2 Å². The number of halogens is 1. The Bertz CT molecular complexity index is 699. The highest BCUT2D eigenvalue weighted by atomic mass is 35.5. The molecule has 1 aliphatic carbocycles. The predicted molar refractivity (Wildman–Crippen MR) is 106 cm³/mol. The highest BCUT2D eigenvalue weighted by Gasteiger charge is 2.22. The van der Waals surface area contributed by atoms with E-state index in [9.17, 15) is 13.2 Å². The molecule has 27 heavy (non-hydrogen) atoms. The summed E-state index contributed by atoms with van der Waals surface area (Å²) in [4.78, 5) is 13.7. The average molecular weight is 418 g/mol. The van der Waals surface area contributed by atoms with Crippen LogP contribution in [0.15, 0.2) is 24.3 Å². The topological polar surface area (TPSA) is 72.9 Å². The third-order valence-corrected chi connectivity index (χ3v) is 5.84. The lowest BCUT2D eigenvalue weighted by molar-refractivity contribution is 0.154. The highest BCUT2D eigenvalue weighted by molar-refractivity contribution is 7.85. The van der Waals surface area contributed by atoms with Gasteiger partial charge in [-0.1, -0.05) is 37.3 Å². The maximum Gasteiger partial charge on any atom is 0.414 e. The number of carbonyl (C=O) groups excluding carboxylic acids is 1. The number of hydrogen-bond donors (Lipinski definition) is 0. The summed E-state index contributed by atoms with van der Waals surface area (Å²) in [5.74, 6) is 1.59. The minimum atomic E-state index is -3.34. The molecule has 1 amide bonds. The molecule has 1 saturated carbocycles. The van der Waals surface area contributed by atoms with E-state index in [2.05, 4.69) is 0 Å². The molecular weight excluding hydrogens is 390 g/mol. The molecule has 2 rings (SSSR count). The molecule has 0 saturated heterocycles. The molecule has 0 N–H and O–H groups in total. The number of benzene rings is 1. The van der Waals surface area contributed by atoms with E-state index in [0.717, 1.165) is 44.8 Å². The Kier molecular flexibility index (Phi) is 8.38. The molecule has 152 valence electrons. The lowest BCUT2D eigenvalue weighted by atomic mass is 9.79. The monoisotopic (exact) mass is 417 g/mol. The lowest BCUT2D eigenvalue weighted by Gasteiger charge is -2.29. The minimum absolute atomic E-state index is 0.271. The van der Waals surface area contributed by atoms with E-state index in [-0.39, 0.29) is 12.7 Å². The predicted octanol–water partition coefficient (Wildman–Crippen LogP) is 4.33. The van der Waals surface area contributed by atoms with Gasteiger partial charge in [-0.05, 0) is 48.9 Å². The quantitative estimate of drug-likeness (QED) is 0.588. The Labute approximate surface area is 166 Å². The SMILES string of the molecule is CN(CC[C@H]1CC[C@H](CCOS(C)(=O)=O)CC1)C(=O)Oc1ccc(Cl)cc1. The average Bonchev–Trinajstić information content (AvgIpc) is 2.61. The van der Waals surface area contributed by atoms with Gasteiger partial charge in [0.05, 0.1) is 12.9 Å². The molecule has 0 aromatic heterocycles. The van der Waals surface area contributed by atoms with Crippen molar-refractivity contribution in [3.8, 4) is 5.75 Å². The van der Waals surface area contributed by atoms with Gasteiger partial charge in [-0.2, -0.15) is 8.42 Å². The zero-order chi connectivity index (χ0) is 19.9. The first kappa shape index (κ1) is 22.0. The number of amides is 1. The number of nitrogens with zero attached hydrogens (tertiary/aromatic N) is 1. The molecule has 6 nitrogen and oxygen atoms in total. The number of ether oxygens (including phenoxy) is 1. The van der Waals surface area contributed by atoms with Gasteiger partial charge < -0.3 is 9.64 Å². The third kappa shape index (κ3) is 8.49. The first-order valence-corrected chi connectivity index (χ1v) is 11.5. The van der Waals surface area contributed by atoms with Crippen LogP contribution in [0.3, 0.4) is 0 Å². The van der Waals surface area contributed by atoms with Crippen LogP contribution in [0.4, 0.5) is 4.79 Å². The molecule has 1 aromatic carbocycles. The van der Waals surface area contributed by atoms with Gasteiger partial charge in [0.25, 0.3) is 10.1 Å². The van der Waals surface area contributed by atoms with Crippen molar-refractivity contribution in [2.24, 2.45) is 11.8 Å². The molecule has 1 aliphatic rings. The van der Waals surface area contributed by atoms with Gasteiger partial charge in [0.1, 0.15) is 5.75 Å². The molecule has 1 aromatic rings. The Morgan fingerprint density at radius 2 is 1.67 bits per heavy atom. The smallest absolute Gasteiger partial charge is 0.410 e. The number of rotatable bonds is 8. The second-order valence-electron chi connectivity index (χ2n) is 7.23. The third-order valence-electron chi connectivity index (χ3n) is 4.99. The maximum atomic E-state index is 12.1. The van der Waals surface area contributed by atoms with Crippen LogP contribution in [0.2, 0.25) is 5.02 Å². The molecule has 8 heteroatoms. The molecule has 0 atom stereocenters. The molecular formula is C19H28ClNO5S. The number of carbonyl (C=O) groups is 1. The minimum Gasteiger partial charge on any atom is -0.410 e. The Hall–Kier alpha value is -1.31. The maximum absolute atomic E-state index is 12.1. The van der Waals surface area contributed by atoms with Crippen LogP contribution in [-0.4, -0.2) is 45.9 Å². The summed E-state index contributed by atoms with van der Waals surface area (Å²) < 4.78 is 32.1. The molecule has 0 aliphatic heterocycles.